The fraction of sp³-hybridized carbons (Fsp3) is 0.278. The van der Waals surface area contributed by atoms with Crippen molar-refractivity contribution < 1.29 is 78.8 Å². The molecule has 0 aliphatic carbocycles. The standard InChI is InChI=1S/C54H54Cl2N8O16/c1-20(2)11-31(58-4)49(72)63-44-46(69)23-6-9-35(29(55)13-23)79-37-15-25-16-38(48(37)71)80-36-10-7-24(14-30(36)56)47(70)45-53(76)62-43(54(77)78)28-17-26(65)18-34(67)40(28)27-12-22(5-8-33(27)66)42(51(74)64-45)59-21(3)41(25)61-50(73)32(19-39(57)68)60-52(44)75/h5-10,12-18,20,31-32,41-47,58-59,65-67,69-71H,3,11,19H2,1-2,4H3,(H2,57,68)(H,60,75)(H,61,73)(H,62,76)(H,63,72)(H,64,74)(H,77,78)/t31-,32+,41+,42+,43+,44-,45+,46-,47-/m1/s1. The van der Waals surface area contributed by atoms with E-state index < -0.39 is 148 Å². The van der Waals surface area contributed by atoms with Crippen LogP contribution in [-0.4, -0.2) is 108 Å². The lowest BCUT2D eigenvalue weighted by Crippen LogP contribution is -2.58. The molecule has 0 saturated carbocycles. The van der Waals surface area contributed by atoms with Crippen molar-refractivity contribution in [3.63, 3.8) is 0 Å². The number of hydrogen-bond acceptors (Lipinski definition) is 17. The fourth-order valence-corrected chi connectivity index (χ4v) is 9.91. The van der Waals surface area contributed by atoms with E-state index in [2.05, 4.69) is 43.8 Å². The van der Waals surface area contributed by atoms with Gasteiger partial charge in [-0.1, -0.05) is 61.8 Å². The Morgan fingerprint density at radius 1 is 0.688 bits per heavy atom. The van der Waals surface area contributed by atoms with Gasteiger partial charge in [0.15, 0.2) is 17.5 Å². The summed E-state index contributed by atoms with van der Waals surface area (Å²) in [5.41, 5.74) is 3.69. The van der Waals surface area contributed by atoms with Gasteiger partial charge in [0.25, 0.3) is 0 Å². The first-order chi connectivity index (χ1) is 37.8. The van der Waals surface area contributed by atoms with E-state index in [1.165, 1.54) is 55.6 Å². The van der Waals surface area contributed by atoms with E-state index in [1.54, 1.807) is 0 Å². The number of carbonyl (C=O) groups excluding carboxylic acids is 6. The molecular weight excluding hydrogens is 1090 g/mol. The number of halogens is 2. The molecule has 0 fully saturated rings. The van der Waals surface area contributed by atoms with Crippen molar-refractivity contribution in [3.05, 3.63) is 129 Å². The van der Waals surface area contributed by atoms with Crippen LogP contribution < -0.4 is 52.4 Å². The molecular formula is C54H54Cl2N8O16. The van der Waals surface area contributed by atoms with Crippen molar-refractivity contribution in [1.29, 1.82) is 0 Å². The summed E-state index contributed by atoms with van der Waals surface area (Å²) in [5.74, 6) is -12.4. The van der Waals surface area contributed by atoms with Gasteiger partial charge in [-0.3, -0.25) is 28.8 Å². The Kier molecular flexibility index (Phi) is 16.7. The SMILES string of the molecule is C=C1N[C@@H]2C(=O)N[C@H](C(=O)N[C@H](C(=O)O)c3cc(O)cc(O)c3-c3cc2ccc3O)[C@H](O)c2ccc(c(Cl)c2)Oc2cc3cc(c2O)Oc2ccc(cc2Cl)[C@@H](O)[C@@H](NC(=O)[C@@H](CC(C)C)NC)C(=O)N[C@@H](CC(N)=O)C(=O)N[C@@H]13. The molecule has 0 unspecified atom stereocenters. The number of likely N-dealkylation sites (N-methyl/N-ethyl adjacent to an activating group) is 1. The number of amides is 6. The summed E-state index contributed by atoms with van der Waals surface area (Å²) in [5, 5.41) is 97.5. The van der Waals surface area contributed by atoms with Crippen molar-refractivity contribution in [2.24, 2.45) is 11.7 Å². The first-order valence-electron chi connectivity index (χ1n) is 24.6. The molecule has 24 nitrogen and oxygen atoms in total. The second-order valence-electron chi connectivity index (χ2n) is 19.5. The van der Waals surface area contributed by atoms with E-state index >= 15 is 4.79 Å². The van der Waals surface area contributed by atoms with Crippen molar-refractivity contribution in [1.82, 2.24) is 37.2 Å². The van der Waals surface area contributed by atoms with Crippen LogP contribution in [0.4, 0.5) is 0 Å². The zero-order valence-corrected chi connectivity index (χ0v) is 44.1. The third-order valence-electron chi connectivity index (χ3n) is 13.5. The molecule has 0 aromatic heterocycles. The normalized spacial score (nSPS) is 22.4. The minimum absolute atomic E-state index is 0.0146. The van der Waals surface area contributed by atoms with Gasteiger partial charge < -0.3 is 88.2 Å². The molecule has 10 rings (SSSR count). The minimum Gasteiger partial charge on any atom is -0.508 e. The molecule has 5 aliphatic heterocycles. The summed E-state index contributed by atoms with van der Waals surface area (Å²) in [6.45, 7) is 7.88. The van der Waals surface area contributed by atoms with Gasteiger partial charge in [-0.15, -0.1) is 0 Å². The molecule has 5 heterocycles. The molecule has 11 bridgehead atoms. The maximum atomic E-state index is 15.1. The van der Waals surface area contributed by atoms with Gasteiger partial charge in [0.2, 0.25) is 41.2 Å². The summed E-state index contributed by atoms with van der Waals surface area (Å²) < 4.78 is 12.4. The fourth-order valence-electron chi connectivity index (χ4n) is 9.46. The van der Waals surface area contributed by atoms with Crippen molar-refractivity contribution in [2.45, 2.75) is 81.2 Å². The summed E-state index contributed by atoms with van der Waals surface area (Å²) in [6.07, 6.45) is -4.56. The lowest BCUT2D eigenvalue weighted by Gasteiger charge is -2.32. The van der Waals surface area contributed by atoms with Crippen LogP contribution in [-0.2, 0) is 33.6 Å². The number of ether oxygens (including phenoxy) is 2. The van der Waals surface area contributed by atoms with Crippen LogP contribution in [0.5, 0.6) is 46.0 Å². The second kappa shape index (κ2) is 23.3. The Bertz CT molecular complexity index is 3380. The highest BCUT2D eigenvalue weighted by molar-refractivity contribution is 6.32. The lowest BCUT2D eigenvalue weighted by molar-refractivity contribution is -0.143. The number of rotatable bonds is 8. The third kappa shape index (κ3) is 11.9. The Hall–Kier alpha value is -8.81. The Morgan fingerprint density at radius 2 is 1.30 bits per heavy atom. The van der Waals surface area contributed by atoms with Gasteiger partial charge in [-0.25, -0.2) is 4.79 Å². The molecule has 420 valence electrons. The molecule has 9 atom stereocenters. The van der Waals surface area contributed by atoms with Crippen LogP contribution in [0.25, 0.3) is 11.1 Å². The monoisotopic (exact) mass is 1140 g/mol. The highest BCUT2D eigenvalue weighted by atomic mass is 35.5. The number of carboxylic acids is 1. The number of aliphatic hydroxyl groups excluding tert-OH is 2. The van der Waals surface area contributed by atoms with Gasteiger partial charge >= 0.3 is 5.97 Å². The number of carbonyl (C=O) groups is 7. The molecule has 0 saturated heterocycles. The van der Waals surface area contributed by atoms with Gasteiger partial charge in [0, 0.05) is 28.5 Å². The molecule has 5 aromatic rings. The zero-order chi connectivity index (χ0) is 58.2. The number of aliphatic hydroxyl groups is 2. The van der Waals surface area contributed by atoms with Crippen molar-refractivity contribution >= 4 is 64.6 Å². The summed E-state index contributed by atoms with van der Waals surface area (Å²) in [7, 11) is 1.52. The van der Waals surface area contributed by atoms with E-state index in [1.807, 2.05) is 13.8 Å². The van der Waals surface area contributed by atoms with Crippen LogP contribution in [0, 0.1) is 5.92 Å². The largest absolute Gasteiger partial charge is 0.508 e. The predicted octanol–water partition coefficient (Wildman–Crippen LogP) is 3.38. The topological polar surface area (TPSA) is 390 Å². The second-order valence-corrected chi connectivity index (χ2v) is 20.4. The summed E-state index contributed by atoms with van der Waals surface area (Å²) in [4.78, 5) is 98.6. The third-order valence-corrected chi connectivity index (χ3v) is 14.1. The summed E-state index contributed by atoms with van der Waals surface area (Å²) >= 11 is 13.6. The first-order valence-corrected chi connectivity index (χ1v) is 25.3. The number of nitrogens with two attached hydrogens (primary N) is 1. The number of benzene rings is 5. The van der Waals surface area contributed by atoms with Crippen molar-refractivity contribution in [2.75, 3.05) is 7.05 Å². The van der Waals surface area contributed by atoms with Crippen LogP contribution in [0.2, 0.25) is 10.0 Å². The molecule has 0 spiro atoms. The van der Waals surface area contributed by atoms with Crippen molar-refractivity contribution in [3.8, 4) is 57.1 Å². The summed E-state index contributed by atoms with van der Waals surface area (Å²) in [6, 6.07) is 2.54. The molecule has 5 aliphatic rings. The van der Waals surface area contributed by atoms with Crippen LogP contribution in [0.15, 0.2) is 91.1 Å². The number of aromatic hydroxyl groups is 4. The van der Waals surface area contributed by atoms with Gasteiger partial charge in [-0.05, 0) is 96.2 Å². The first kappa shape index (κ1) is 57.4. The molecule has 26 heteroatoms. The predicted molar refractivity (Wildman–Crippen MR) is 284 cm³/mol. The smallest absolute Gasteiger partial charge is 0.330 e. The minimum atomic E-state index is -2.13. The number of aliphatic carboxylic acids is 1. The number of phenols is 4. The Balaban J connectivity index is 1.36. The van der Waals surface area contributed by atoms with Gasteiger partial charge in [0.1, 0.15) is 65.1 Å². The van der Waals surface area contributed by atoms with E-state index in [0.29, 0.717) is 6.42 Å². The average molecular weight is 1140 g/mol. The molecule has 0 radical (unpaired) electrons. The number of hydrogen-bond donors (Lipinski definition) is 15. The highest BCUT2D eigenvalue weighted by Crippen LogP contribution is 2.48. The number of phenolic OH excluding ortho intramolecular Hbond substituents is 4. The highest BCUT2D eigenvalue weighted by Gasteiger charge is 2.41. The molecule has 16 N–H and O–H groups in total. The van der Waals surface area contributed by atoms with E-state index in [-0.39, 0.29) is 61.0 Å². The van der Waals surface area contributed by atoms with E-state index in [9.17, 15) is 64.5 Å². The van der Waals surface area contributed by atoms with Gasteiger partial charge in [-0.2, -0.15) is 0 Å². The van der Waals surface area contributed by atoms with Crippen LogP contribution >= 0.6 is 23.2 Å². The molecule has 5 aromatic carbocycles. The maximum absolute atomic E-state index is 15.1. The van der Waals surface area contributed by atoms with Crippen LogP contribution in [0.1, 0.15) is 84.8 Å². The number of fused-ring (bicyclic) bond motifs is 15. The van der Waals surface area contributed by atoms with Crippen LogP contribution in [0.3, 0.4) is 0 Å². The maximum Gasteiger partial charge on any atom is 0.330 e. The van der Waals surface area contributed by atoms with E-state index in [4.69, 9.17) is 38.4 Å². The van der Waals surface area contributed by atoms with Gasteiger partial charge in [0.05, 0.1) is 28.5 Å². The average Bonchev–Trinajstić information content (AvgIpc) is 3.40. The Morgan fingerprint density at radius 3 is 1.88 bits per heavy atom. The number of nitrogens with one attached hydrogen (secondary N) is 7. The number of primary amides is 1. The van der Waals surface area contributed by atoms with E-state index in [0.717, 1.165) is 30.3 Å². The molecule has 6 amide bonds. The quantitative estimate of drug-likeness (QED) is 0.106. The zero-order valence-electron chi connectivity index (χ0n) is 42.5. The molecule has 80 heavy (non-hydrogen) atoms. The number of carboxylic acid groups (broad SMARTS) is 1. The lowest BCUT2D eigenvalue weighted by atomic mass is 9.89. The Labute approximate surface area is 464 Å².